The zero-order chi connectivity index (χ0) is 21.1. The first kappa shape index (κ1) is 20.5. The molecule has 0 atom stereocenters. The molecule has 0 radical (unpaired) electrons. The molecular formula is C20H24FN7OS. The van der Waals surface area contributed by atoms with Crippen LogP contribution in [0.5, 0.6) is 0 Å². The van der Waals surface area contributed by atoms with Gasteiger partial charge in [0.1, 0.15) is 18.0 Å². The van der Waals surface area contributed by atoms with Crippen molar-refractivity contribution in [2.24, 2.45) is 0 Å². The molecule has 8 nitrogen and oxygen atoms in total. The first-order valence-electron chi connectivity index (χ1n) is 10.1. The fraction of sp³-hybridized carbons (Fsp3) is 0.450. The third-order valence-electron chi connectivity index (χ3n) is 5.04. The maximum atomic E-state index is 14.4. The van der Waals surface area contributed by atoms with Crippen LogP contribution in [-0.2, 0) is 17.8 Å². The third kappa shape index (κ3) is 4.38. The largest absolute Gasteiger partial charge is 0.323 e. The van der Waals surface area contributed by atoms with Crippen molar-refractivity contribution in [3.63, 3.8) is 0 Å². The van der Waals surface area contributed by atoms with E-state index in [-0.39, 0.29) is 23.4 Å². The quantitative estimate of drug-likeness (QED) is 0.601. The van der Waals surface area contributed by atoms with E-state index in [4.69, 9.17) is 0 Å². The molecule has 10 heteroatoms. The van der Waals surface area contributed by atoms with Gasteiger partial charge in [-0.2, -0.15) is 0 Å². The second kappa shape index (κ2) is 8.95. The molecule has 1 aliphatic heterocycles. The van der Waals surface area contributed by atoms with Crippen molar-refractivity contribution >= 4 is 23.4 Å². The van der Waals surface area contributed by atoms with Crippen LogP contribution >= 0.6 is 11.8 Å². The molecule has 4 rings (SSSR count). The summed E-state index contributed by atoms with van der Waals surface area (Å²) in [5.41, 5.74) is 0.869. The average molecular weight is 430 g/mol. The number of hydrogen-bond donors (Lipinski definition) is 1. The number of fused-ring (bicyclic) bond motifs is 1. The van der Waals surface area contributed by atoms with E-state index in [0.717, 1.165) is 43.6 Å². The number of thioether (sulfide) groups is 1. The Labute approximate surface area is 178 Å². The lowest BCUT2D eigenvalue weighted by Gasteiger charge is -2.11. The Morgan fingerprint density at radius 1 is 1.23 bits per heavy atom. The van der Waals surface area contributed by atoms with Crippen molar-refractivity contribution in [3.8, 4) is 11.4 Å². The maximum Gasteiger partial charge on any atom is 0.234 e. The van der Waals surface area contributed by atoms with Gasteiger partial charge >= 0.3 is 0 Å². The van der Waals surface area contributed by atoms with Crippen LogP contribution in [0.15, 0.2) is 29.7 Å². The Kier molecular flexibility index (Phi) is 6.12. The molecule has 0 saturated carbocycles. The van der Waals surface area contributed by atoms with Crippen LogP contribution in [0.3, 0.4) is 0 Å². The Morgan fingerprint density at radius 3 is 2.93 bits per heavy atom. The van der Waals surface area contributed by atoms with Gasteiger partial charge < -0.3 is 14.5 Å². The lowest BCUT2D eigenvalue weighted by Crippen LogP contribution is -2.16. The van der Waals surface area contributed by atoms with Crippen molar-refractivity contribution in [1.82, 2.24) is 29.5 Å². The van der Waals surface area contributed by atoms with Gasteiger partial charge in [0.25, 0.3) is 0 Å². The van der Waals surface area contributed by atoms with Crippen molar-refractivity contribution in [2.75, 3.05) is 11.1 Å². The molecule has 1 N–H and O–H groups in total. The topological polar surface area (TPSA) is 90.5 Å². The number of benzene rings is 1. The van der Waals surface area contributed by atoms with Gasteiger partial charge in [0, 0.05) is 24.6 Å². The normalized spacial score (nSPS) is 13.9. The molecule has 1 aliphatic rings. The maximum absolute atomic E-state index is 14.4. The highest BCUT2D eigenvalue weighted by atomic mass is 32.2. The zero-order valence-corrected chi connectivity index (χ0v) is 17.8. The van der Waals surface area contributed by atoms with Crippen molar-refractivity contribution in [1.29, 1.82) is 0 Å². The molecule has 2 aromatic heterocycles. The first-order valence-corrected chi connectivity index (χ1v) is 11.1. The molecule has 1 amide bonds. The van der Waals surface area contributed by atoms with E-state index in [1.165, 1.54) is 17.8 Å². The van der Waals surface area contributed by atoms with Crippen LogP contribution in [0.1, 0.15) is 45.0 Å². The van der Waals surface area contributed by atoms with Gasteiger partial charge in [-0.25, -0.2) is 4.39 Å². The summed E-state index contributed by atoms with van der Waals surface area (Å²) in [4.78, 5) is 12.4. The number of nitrogens with zero attached hydrogens (tertiary/aromatic N) is 6. The number of aryl methyl sites for hydroxylation is 1. The number of amides is 1. The predicted octanol–water partition coefficient (Wildman–Crippen LogP) is 3.71. The van der Waals surface area contributed by atoms with Crippen LogP contribution in [0.25, 0.3) is 11.4 Å². The Hall–Kier alpha value is -2.75. The number of halogens is 1. The number of nitrogens with one attached hydrogen (secondary N) is 1. The Morgan fingerprint density at radius 2 is 2.10 bits per heavy atom. The van der Waals surface area contributed by atoms with Gasteiger partial charge in [0.2, 0.25) is 5.91 Å². The van der Waals surface area contributed by atoms with Gasteiger partial charge in [-0.3, -0.25) is 4.79 Å². The standard InChI is InChI=1S/C20H24FN7OS/c1-13(2)28-12-22-26-20(28)30-11-18(29)23-16-10-14(7-8-15(16)21)19-25-24-17-6-4-3-5-9-27(17)19/h7-8,10,12-13H,3-6,9,11H2,1-2H3,(H,23,29). The molecule has 30 heavy (non-hydrogen) atoms. The minimum Gasteiger partial charge on any atom is -0.323 e. The molecule has 0 saturated heterocycles. The first-order chi connectivity index (χ1) is 14.5. The van der Waals surface area contributed by atoms with Gasteiger partial charge in [0.05, 0.1) is 11.4 Å². The fourth-order valence-corrected chi connectivity index (χ4v) is 4.31. The lowest BCUT2D eigenvalue weighted by molar-refractivity contribution is -0.113. The second-order valence-electron chi connectivity index (χ2n) is 7.55. The van der Waals surface area contributed by atoms with Crippen LogP contribution in [0.4, 0.5) is 10.1 Å². The van der Waals surface area contributed by atoms with Gasteiger partial charge in [-0.15, -0.1) is 20.4 Å². The minimum absolute atomic E-state index is 0.107. The van der Waals surface area contributed by atoms with E-state index >= 15 is 0 Å². The molecule has 0 spiro atoms. The molecule has 158 valence electrons. The molecule has 0 bridgehead atoms. The van der Waals surface area contributed by atoms with Crippen molar-refractivity contribution in [3.05, 3.63) is 36.2 Å². The lowest BCUT2D eigenvalue weighted by atomic mass is 10.1. The second-order valence-corrected chi connectivity index (χ2v) is 8.49. The number of carbonyl (C=O) groups excluding carboxylic acids is 1. The Bertz CT molecular complexity index is 1050. The summed E-state index contributed by atoms with van der Waals surface area (Å²) in [6.45, 7) is 4.88. The monoisotopic (exact) mass is 429 g/mol. The van der Waals surface area contributed by atoms with Gasteiger partial charge in [-0.05, 0) is 44.9 Å². The zero-order valence-electron chi connectivity index (χ0n) is 17.0. The molecule has 1 aromatic carbocycles. The number of hydrogen-bond acceptors (Lipinski definition) is 6. The van der Waals surface area contributed by atoms with E-state index < -0.39 is 5.82 Å². The van der Waals surface area contributed by atoms with Crippen molar-refractivity contribution < 1.29 is 9.18 Å². The van der Waals surface area contributed by atoms with Crippen LogP contribution in [-0.4, -0.2) is 41.2 Å². The number of aromatic nitrogens is 6. The summed E-state index contributed by atoms with van der Waals surface area (Å²) >= 11 is 1.27. The highest BCUT2D eigenvalue weighted by Gasteiger charge is 2.18. The van der Waals surface area contributed by atoms with Gasteiger partial charge in [-0.1, -0.05) is 18.2 Å². The number of anilines is 1. The van der Waals surface area contributed by atoms with Crippen LogP contribution in [0, 0.1) is 5.82 Å². The Balaban J connectivity index is 1.48. The third-order valence-corrected chi connectivity index (χ3v) is 5.99. The average Bonchev–Trinajstić information content (AvgIpc) is 3.29. The molecule has 0 aliphatic carbocycles. The van der Waals surface area contributed by atoms with Crippen molar-refractivity contribution in [2.45, 2.75) is 57.3 Å². The summed E-state index contributed by atoms with van der Waals surface area (Å²) in [7, 11) is 0. The van der Waals surface area contributed by atoms with E-state index in [9.17, 15) is 9.18 Å². The minimum atomic E-state index is -0.488. The summed E-state index contributed by atoms with van der Waals surface area (Å²) in [5, 5.41) is 19.9. The van der Waals surface area contributed by atoms with Crippen LogP contribution < -0.4 is 5.32 Å². The summed E-state index contributed by atoms with van der Waals surface area (Å²) < 4.78 is 18.4. The SMILES string of the molecule is CC(C)n1cnnc1SCC(=O)Nc1cc(-c2nnc3n2CCCCC3)ccc1F. The van der Waals surface area contributed by atoms with E-state index in [0.29, 0.717) is 11.0 Å². The predicted molar refractivity (Wildman–Crippen MR) is 113 cm³/mol. The van der Waals surface area contributed by atoms with E-state index in [1.54, 1.807) is 18.5 Å². The van der Waals surface area contributed by atoms with Gasteiger partial charge in [0.15, 0.2) is 11.0 Å². The molecule has 3 heterocycles. The molecular weight excluding hydrogens is 405 g/mol. The number of carbonyl (C=O) groups is 1. The highest BCUT2D eigenvalue weighted by molar-refractivity contribution is 7.99. The highest BCUT2D eigenvalue weighted by Crippen LogP contribution is 2.27. The summed E-state index contributed by atoms with van der Waals surface area (Å²) in [5.74, 6) is 0.979. The molecule has 0 unspecified atom stereocenters. The van der Waals surface area contributed by atoms with E-state index in [1.807, 2.05) is 18.4 Å². The molecule has 3 aromatic rings. The summed E-state index contributed by atoms with van der Waals surface area (Å²) in [6.07, 6.45) is 5.87. The molecule has 0 fully saturated rings. The van der Waals surface area contributed by atoms with Crippen LogP contribution in [0.2, 0.25) is 0 Å². The number of rotatable bonds is 6. The smallest absolute Gasteiger partial charge is 0.234 e. The van der Waals surface area contributed by atoms with E-state index in [2.05, 4.69) is 30.3 Å². The summed E-state index contributed by atoms with van der Waals surface area (Å²) in [6, 6.07) is 4.84. The fourth-order valence-electron chi connectivity index (χ4n) is 3.46.